The van der Waals surface area contributed by atoms with Gasteiger partial charge in [-0.1, -0.05) is 63.2 Å². The van der Waals surface area contributed by atoms with Crippen molar-refractivity contribution in [2.24, 2.45) is 0 Å². The third-order valence-electron chi connectivity index (χ3n) is 7.08. The van der Waals surface area contributed by atoms with Gasteiger partial charge in [0, 0.05) is 18.5 Å². The molecule has 6 nitrogen and oxygen atoms in total. The van der Waals surface area contributed by atoms with Crippen molar-refractivity contribution < 1.29 is 13.9 Å². The van der Waals surface area contributed by atoms with Crippen LogP contribution in [0.5, 0.6) is 5.75 Å². The standard InChI is InChI=1S/C30H32N2O4/c1-4-19-35-22-14-11-21(12-15-22)26-25-27(33)24-16-13-20-9-7-8-10-23(20)28(24)36-29(25)30(34)32(26)18-17-31(5-2)6-3/h7-16,26H,4-6,17-19H2,1-3H3. The molecule has 1 aliphatic rings. The smallest absolute Gasteiger partial charge is 0.290 e. The van der Waals surface area contributed by atoms with Gasteiger partial charge in [-0.15, -0.1) is 0 Å². The van der Waals surface area contributed by atoms with Gasteiger partial charge in [0.1, 0.15) is 11.3 Å². The van der Waals surface area contributed by atoms with E-state index in [4.69, 9.17) is 9.15 Å². The normalized spacial score (nSPS) is 15.3. The Kier molecular flexibility index (Phi) is 6.79. The summed E-state index contributed by atoms with van der Waals surface area (Å²) in [5, 5.41) is 2.30. The molecular weight excluding hydrogens is 452 g/mol. The first kappa shape index (κ1) is 24.1. The first-order chi connectivity index (χ1) is 17.6. The first-order valence-corrected chi connectivity index (χ1v) is 12.8. The van der Waals surface area contributed by atoms with Gasteiger partial charge in [0.2, 0.25) is 5.76 Å². The number of hydrogen-bond donors (Lipinski definition) is 0. The lowest BCUT2D eigenvalue weighted by molar-refractivity contribution is 0.0708. The molecule has 1 aromatic heterocycles. The van der Waals surface area contributed by atoms with E-state index in [-0.39, 0.29) is 17.1 Å². The van der Waals surface area contributed by atoms with Gasteiger partial charge >= 0.3 is 0 Å². The van der Waals surface area contributed by atoms with Gasteiger partial charge in [0.05, 0.1) is 23.6 Å². The number of ether oxygens (including phenoxy) is 1. The van der Waals surface area contributed by atoms with Crippen LogP contribution in [0.25, 0.3) is 21.7 Å². The number of carbonyl (C=O) groups is 1. The highest BCUT2D eigenvalue weighted by atomic mass is 16.5. The fourth-order valence-corrected chi connectivity index (χ4v) is 5.08. The molecule has 0 saturated heterocycles. The molecule has 0 saturated carbocycles. The van der Waals surface area contributed by atoms with Crippen molar-refractivity contribution in [3.05, 3.63) is 87.8 Å². The Bertz CT molecular complexity index is 1450. The summed E-state index contributed by atoms with van der Waals surface area (Å²) in [7, 11) is 0. The summed E-state index contributed by atoms with van der Waals surface area (Å²) in [6.45, 7) is 9.94. The van der Waals surface area contributed by atoms with Crippen LogP contribution in [0, 0.1) is 0 Å². The Morgan fingerprint density at radius 2 is 1.67 bits per heavy atom. The molecule has 0 aliphatic carbocycles. The van der Waals surface area contributed by atoms with Crippen molar-refractivity contribution in [3.63, 3.8) is 0 Å². The monoisotopic (exact) mass is 484 g/mol. The third kappa shape index (κ3) is 4.16. The number of rotatable bonds is 9. The molecule has 1 amide bonds. The van der Waals surface area contributed by atoms with Gasteiger partial charge in [0.15, 0.2) is 5.43 Å². The van der Waals surface area contributed by atoms with Gasteiger partial charge in [-0.2, -0.15) is 0 Å². The van der Waals surface area contributed by atoms with Crippen LogP contribution in [0.4, 0.5) is 0 Å². The van der Waals surface area contributed by atoms with Crippen molar-refractivity contribution in [3.8, 4) is 5.75 Å². The predicted molar refractivity (Wildman–Crippen MR) is 143 cm³/mol. The van der Waals surface area contributed by atoms with Crippen LogP contribution in [0.15, 0.2) is 69.9 Å². The minimum Gasteiger partial charge on any atom is -0.494 e. The summed E-state index contributed by atoms with van der Waals surface area (Å²) >= 11 is 0. The van der Waals surface area contributed by atoms with E-state index >= 15 is 0 Å². The number of likely N-dealkylation sites (N-methyl/N-ethyl adjacent to an activating group) is 1. The summed E-state index contributed by atoms with van der Waals surface area (Å²) in [5.41, 5.74) is 1.62. The number of hydrogen-bond acceptors (Lipinski definition) is 5. The van der Waals surface area contributed by atoms with E-state index in [0.29, 0.717) is 29.7 Å². The van der Waals surface area contributed by atoms with Gasteiger partial charge in [-0.3, -0.25) is 9.59 Å². The molecule has 186 valence electrons. The summed E-state index contributed by atoms with van der Waals surface area (Å²) in [6, 6.07) is 18.7. The van der Waals surface area contributed by atoms with Crippen molar-refractivity contribution in [2.75, 3.05) is 32.8 Å². The quantitative estimate of drug-likeness (QED) is 0.289. The number of carbonyl (C=O) groups excluding carboxylic acids is 1. The molecule has 5 rings (SSSR count). The van der Waals surface area contributed by atoms with Crippen molar-refractivity contribution in [1.29, 1.82) is 0 Å². The molecule has 3 aromatic carbocycles. The second-order valence-corrected chi connectivity index (χ2v) is 9.18. The zero-order valence-electron chi connectivity index (χ0n) is 21.1. The van der Waals surface area contributed by atoms with Crippen LogP contribution in [0.3, 0.4) is 0 Å². The lowest BCUT2D eigenvalue weighted by atomic mass is 9.97. The van der Waals surface area contributed by atoms with Crippen molar-refractivity contribution in [2.45, 2.75) is 33.2 Å². The van der Waals surface area contributed by atoms with Crippen LogP contribution < -0.4 is 10.2 Å². The zero-order chi connectivity index (χ0) is 25.2. The molecule has 0 radical (unpaired) electrons. The lowest BCUT2D eigenvalue weighted by Crippen LogP contribution is -2.37. The molecule has 1 atom stereocenters. The van der Waals surface area contributed by atoms with Gasteiger partial charge < -0.3 is 19.0 Å². The highest BCUT2D eigenvalue weighted by Crippen LogP contribution is 2.39. The van der Waals surface area contributed by atoms with Crippen molar-refractivity contribution in [1.82, 2.24) is 9.80 Å². The summed E-state index contributed by atoms with van der Waals surface area (Å²) < 4.78 is 12.1. The number of fused-ring (bicyclic) bond motifs is 4. The molecule has 0 spiro atoms. The van der Waals surface area contributed by atoms with Crippen LogP contribution in [-0.4, -0.2) is 48.5 Å². The Morgan fingerprint density at radius 3 is 2.39 bits per heavy atom. The molecule has 0 bridgehead atoms. The first-order valence-electron chi connectivity index (χ1n) is 12.8. The number of benzene rings is 3. The molecule has 0 N–H and O–H groups in total. The van der Waals surface area contributed by atoms with E-state index in [9.17, 15) is 9.59 Å². The van der Waals surface area contributed by atoms with E-state index < -0.39 is 6.04 Å². The maximum absolute atomic E-state index is 13.9. The highest BCUT2D eigenvalue weighted by molar-refractivity contribution is 6.06. The van der Waals surface area contributed by atoms with Crippen molar-refractivity contribution >= 4 is 27.6 Å². The van der Waals surface area contributed by atoms with E-state index in [1.54, 1.807) is 4.90 Å². The lowest BCUT2D eigenvalue weighted by Gasteiger charge is -2.28. The Balaban J connectivity index is 1.65. The highest BCUT2D eigenvalue weighted by Gasteiger charge is 2.42. The van der Waals surface area contributed by atoms with Crippen LogP contribution in [0.1, 0.15) is 54.9 Å². The Hall–Kier alpha value is -3.64. The molecule has 0 fully saturated rings. The third-order valence-corrected chi connectivity index (χ3v) is 7.08. The molecule has 4 aromatic rings. The van der Waals surface area contributed by atoms with Crippen LogP contribution in [0.2, 0.25) is 0 Å². The largest absolute Gasteiger partial charge is 0.494 e. The van der Waals surface area contributed by atoms with E-state index in [0.717, 1.165) is 48.1 Å². The molecule has 1 aliphatic heterocycles. The second kappa shape index (κ2) is 10.2. The second-order valence-electron chi connectivity index (χ2n) is 9.18. The summed E-state index contributed by atoms with van der Waals surface area (Å²) in [4.78, 5) is 31.7. The van der Waals surface area contributed by atoms with Crippen LogP contribution >= 0.6 is 0 Å². The fourth-order valence-electron chi connectivity index (χ4n) is 5.08. The average Bonchev–Trinajstić information content (AvgIpc) is 3.20. The van der Waals surface area contributed by atoms with E-state index in [2.05, 4.69) is 25.7 Å². The summed E-state index contributed by atoms with van der Waals surface area (Å²) in [5.74, 6) is 0.692. The predicted octanol–water partition coefficient (Wildman–Crippen LogP) is 5.62. The van der Waals surface area contributed by atoms with Crippen LogP contribution in [-0.2, 0) is 0 Å². The number of nitrogens with zero attached hydrogens (tertiary/aromatic N) is 2. The fraction of sp³-hybridized carbons (Fsp3) is 0.333. The van der Waals surface area contributed by atoms with Gasteiger partial charge in [0.25, 0.3) is 5.91 Å². The average molecular weight is 485 g/mol. The van der Waals surface area contributed by atoms with Gasteiger partial charge in [-0.25, -0.2) is 0 Å². The Labute approximate surface area is 211 Å². The number of amides is 1. The molecule has 1 unspecified atom stereocenters. The maximum atomic E-state index is 13.9. The van der Waals surface area contributed by atoms with E-state index in [1.165, 1.54) is 0 Å². The van der Waals surface area contributed by atoms with Gasteiger partial charge in [-0.05, 0) is 48.7 Å². The Morgan fingerprint density at radius 1 is 0.917 bits per heavy atom. The maximum Gasteiger partial charge on any atom is 0.290 e. The minimum atomic E-state index is -0.504. The molecule has 6 heteroatoms. The van der Waals surface area contributed by atoms with E-state index in [1.807, 2.05) is 60.7 Å². The summed E-state index contributed by atoms with van der Waals surface area (Å²) in [6.07, 6.45) is 0.925. The molecule has 2 heterocycles. The topological polar surface area (TPSA) is 63.0 Å². The molecule has 36 heavy (non-hydrogen) atoms. The minimum absolute atomic E-state index is 0.146. The zero-order valence-corrected chi connectivity index (χ0v) is 21.1. The molecular formula is C30H32N2O4. The SMILES string of the molecule is CCCOc1ccc(C2c3c(oc4c(ccc5ccccc54)c3=O)C(=O)N2CCN(CC)CC)cc1.